The number of anilines is 1. The molecule has 1 amide bonds. The van der Waals surface area contributed by atoms with E-state index in [0.717, 1.165) is 25.0 Å². The Morgan fingerprint density at radius 3 is 2.21 bits per heavy atom. The lowest BCUT2D eigenvalue weighted by atomic mass is 9.92. The van der Waals surface area contributed by atoms with Crippen LogP contribution in [0, 0.1) is 0 Å². The first-order chi connectivity index (χ1) is 20.5. The first-order valence-corrected chi connectivity index (χ1v) is 15.8. The molecule has 0 saturated carbocycles. The largest absolute Gasteiger partial charge is 0.466 e. The molecular weight excluding hydrogens is 570 g/mol. The molecular formula is C32H46ClN5O5. The molecule has 10 nitrogen and oxygen atoms in total. The molecule has 0 radical (unpaired) electrons. The van der Waals surface area contributed by atoms with Crippen LogP contribution in [0.1, 0.15) is 117 Å². The van der Waals surface area contributed by atoms with Crippen molar-refractivity contribution in [2.75, 3.05) is 11.9 Å². The zero-order chi connectivity index (χ0) is 31.4. The third-order valence-corrected chi connectivity index (χ3v) is 7.41. The number of halogens is 1. The van der Waals surface area contributed by atoms with Gasteiger partial charge in [-0.15, -0.1) is 9.73 Å². The van der Waals surface area contributed by atoms with Crippen LogP contribution in [0.5, 0.6) is 5.75 Å². The normalized spacial score (nSPS) is 11.6. The molecule has 3 aromatic rings. The number of amides is 1. The summed E-state index contributed by atoms with van der Waals surface area (Å²) in [6.45, 7) is 9.92. The van der Waals surface area contributed by atoms with Crippen molar-refractivity contribution in [3.63, 3.8) is 0 Å². The van der Waals surface area contributed by atoms with E-state index >= 15 is 0 Å². The lowest BCUT2D eigenvalue weighted by Gasteiger charge is -2.14. The number of nitrogens with one attached hydrogen (secondary N) is 2. The summed E-state index contributed by atoms with van der Waals surface area (Å²) in [5, 5.41) is 12.2. The molecule has 0 fully saturated rings. The van der Waals surface area contributed by atoms with E-state index in [2.05, 4.69) is 27.4 Å². The number of nitrogens with zero attached hydrogens (tertiary/aromatic N) is 3. The molecule has 11 heteroatoms. The molecule has 0 aliphatic carbocycles. The average Bonchev–Trinajstić information content (AvgIpc) is 3.50. The van der Waals surface area contributed by atoms with Crippen molar-refractivity contribution in [3.05, 3.63) is 28.9 Å². The van der Waals surface area contributed by atoms with Gasteiger partial charge in [0.2, 0.25) is 5.91 Å². The van der Waals surface area contributed by atoms with Crippen molar-refractivity contribution in [3.8, 4) is 17.1 Å². The monoisotopic (exact) mass is 615 g/mol. The van der Waals surface area contributed by atoms with Crippen LogP contribution < -0.4 is 10.1 Å². The Labute approximate surface area is 259 Å². The second kappa shape index (κ2) is 16.4. The fourth-order valence-corrected chi connectivity index (χ4v) is 5.15. The van der Waals surface area contributed by atoms with E-state index in [-0.39, 0.29) is 29.7 Å². The van der Waals surface area contributed by atoms with E-state index in [1.165, 1.54) is 56.5 Å². The summed E-state index contributed by atoms with van der Waals surface area (Å²) in [5.74, 6) is -0.710. The highest BCUT2D eigenvalue weighted by Crippen LogP contribution is 2.34. The van der Waals surface area contributed by atoms with Gasteiger partial charge in [0.25, 0.3) is 0 Å². The Balaban J connectivity index is 1.50. The van der Waals surface area contributed by atoms with Crippen molar-refractivity contribution in [1.82, 2.24) is 19.8 Å². The molecule has 3 rings (SSSR count). The van der Waals surface area contributed by atoms with Crippen molar-refractivity contribution >= 4 is 40.8 Å². The summed E-state index contributed by atoms with van der Waals surface area (Å²) in [6, 6.07) is 4.91. The second-order valence-electron chi connectivity index (χ2n) is 12.0. The lowest BCUT2D eigenvalue weighted by Crippen LogP contribution is -2.16. The molecule has 2 heterocycles. The number of rotatable bonds is 17. The molecule has 43 heavy (non-hydrogen) atoms. The molecule has 2 aromatic heterocycles. The molecule has 2 N–H and O–H groups in total. The standard InChI is InChI=1S/C32H46ClN5O5/c1-6-7-8-9-10-11-12-13-14-15-20-42-27(41)19-18-26(40)34-24-21-23(16-17-25(24)43-22(2)39)30-35-31-28(33)29(32(3,4)5)36-38(31)37-30/h16-17,21H,6-15,18-20H2,1-5H3,(H,34,40)(H,35,37). The van der Waals surface area contributed by atoms with Crippen molar-refractivity contribution in [2.24, 2.45) is 0 Å². The van der Waals surface area contributed by atoms with Gasteiger partial charge in [-0.05, 0) is 24.6 Å². The number of benzene rings is 1. The molecule has 0 bridgehead atoms. The van der Waals surface area contributed by atoms with Gasteiger partial charge in [-0.3, -0.25) is 14.4 Å². The Hall–Kier alpha value is -3.40. The molecule has 0 aliphatic rings. The molecule has 0 unspecified atom stereocenters. The number of unbranched alkanes of at least 4 members (excludes halogenated alkanes) is 9. The van der Waals surface area contributed by atoms with Gasteiger partial charge in [-0.2, -0.15) is 5.10 Å². The summed E-state index contributed by atoms with van der Waals surface area (Å²) >= 11 is 6.56. The summed E-state index contributed by atoms with van der Waals surface area (Å²) < 4.78 is 12.0. The number of ether oxygens (including phenoxy) is 2. The highest BCUT2D eigenvalue weighted by atomic mass is 35.5. The van der Waals surface area contributed by atoms with Crippen LogP contribution in [0.2, 0.25) is 5.02 Å². The number of esters is 2. The first-order valence-electron chi connectivity index (χ1n) is 15.4. The van der Waals surface area contributed by atoms with Gasteiger partial charge < -0.3 is 19.8 Å². The van der Waals surface area contributed by atoms with E-state index in [0.29, 0.717) is 28.7 Å². The van der Waals surface area contributed by atoms with Crippen LogP contribution in [0.25, 0.3) is 17.0 Å². The minimum atomic E-state index is -0.531. The SMILES string of the molecule is CCCCCCCCCCCCOC(=O)CCC(=O)Nc1cc(-c2nn3nc(C(C)(C)C)c(Cl)c3[nH]2)ccc1OC(C)=O. The van der Waals surface area contributed by atoms with Crippen LogP contribution in [-0.4, -0.2) is 44.3 Å². The van der Waals surface area contributed by atoms with Crippen molar-refractivity contribution in [2.45, 2.75) is 117 Å². The molecule has 0 atom stereocenters. The predicted octanol–water partition coefficient (Wildman–Crippen LogP) is 7.78. The summed E-state index contributed by atoms with van der Waals surface area (Å²) in [7, 11) is 0. The zero-order valence-corrected chi connectivity index (χ0v) is 26.9. The number of aromatic nitrogens is 4. The van der Waals surface area contributed by atoms with Crippen molar-refractivity contribution < 1.29 is 23.9 Å². The Morgan fingerprint density at radius 1 is 0.953 bits per heavy atom. The Bertz CT molecular complexity index is 1370. The van der Waals surface area contributed by atoms with Gasteiger partial charge in [0.1, 0.15) is 5.02 Å². The zero-order valence-electron chi connectivity index (χ0n) is 26.2. The highest BCUT2D eigenvalue weighted by molar-refractivity contribution is 6.34. The lowest BCUT2D eigenvalue weighted by molar-refractivity contribution is -0.144. The maximum atomic E-state index is 12.7. The third-order valence-electron chi connectivity index (χ3n) is 7.05. The van der Waals surface area contributed by atoms with Crippen LogP contribution in [-0.2, 0) is 24.5 Å². The van der Waals surface area contributed by atoms with Gasteiger partial charge in [-0.25, -0.2) is 0 Å². The fraction of sp³-hybridized carbons (Fsp3) is 0.594. The molecule has 0 aliphatic heterocycles. The molecule has 0 saturated heterocycles. The van der Waals surface area contributed by atoms with Gasteiger partial charge in [0.05, 0.1) is 24.4 Å². The molecule has 0 spiro atoms. The van der Waals surface area contributed by atoms with E-state index in [9.17, 15) is 14.4 Å². The smallest absolute Gasteiger partial charge is 0.308 e. The van der Waals surface area contributed by atoms with Crippen LogP contribution >= 0.6 is 11.6 Å². The van der Waals surface area contributed by atoms with Gasteiger partial charge in [-0.1, -0.05) is 97.1 Å². The van der Waals surface area contributed by atoms with Gasteiger partial charge in [0, 0.05) is 24.3 Å². The minimum Gasteiger partial charge on any atom is -0.466 e. The van der Waals surface area contributed by atoms with Crippen LogP contribution in [0.4, 0.5) is 5.69 Å². The number of hydrogen-bond donors (Lipinski definition) is 2. The average molecular weight is 616 g/mol. The molecule has 1 aromatic carbocycles. The maximum absolute atomic E-state index is 12.7. The number of carbonyl (C=O) groups excluding carboxylic acids is 3. The fourth-order valence-electron chi connectivity index (χ4n) is 4.70. The first kappa shape index (κ1) is 34.1. The quantitative estimate of drug-likeness (QED) is 0.0901. The summed E-state index contributed by atoms with van der Waals surface area (Å²) in [6.07, 6.45) is 11.9. The number of hydrogen-bond acceptors (Lipinski definition) is 7. The number of fused-ring (bicyclic) bond motifs is 1. The summed E-state index contributed by atoms with van der Waals surface area (Å²) in [4.78, 5) is 39.7. The van der Waals surface area contributed by atoms with Gasteiger partial charge >= 0.3 is 11.9 Å². The minimum absolute atomic E-state index is 0.0455. The van der Waals surface area contributed by atoms with Crippen molar-refractivity contribution in [1.29, 1.82) is 0 Å². The maximum Gasteiger partial charge on any atom is 0.308 e. The summed E-state index contributed by atoms with van der Waals surface area (Å²) in [5.41, 5.74) is 1.90. The number of carbonyl (C=O) groups is 3. The van der Waals surface area contributed by atoms with Gasteiger partial charge in [0.15, 0.2) is 17.2 Å². The van der Waals surface area contributed by atoms with E-state index < -0.39 is 17.8 Å². The van der Waals surface area contributed by atoms with E-state index in [4.69, 9.17) is 21.1 Å². The predicted molar refractivity (Wildman–Crippen MR) is 168 cm³/mol. The highest BCUT2D eigenvalue weighted by Gasteiger charge is 2.25. The molecule has 236 valence electrons. The Kier molecular flexibility index (Phi) is 13.0. The second-order valence-corrected chi connectivity index (χ2v) is 12.4. The van der Waals surface area contributed by atoms with E-state index in [1.807, 2.05) is 20.8 Å². The van der Waals surface area contributed by atoms with Crippen LogP contribution in [0.15, 0.2) is 18.2 Å². The van der Waals surface area contributed by atoms with Crippen LogP contribution in [0.3, 0.4) is 0 Å². The third kappa shape index (κ3) is 10.7. The van der Waals surface area contributed by atoms with E-state index in [1.54, 1.807) is 18.2 Å². The number of aromatic amines is 1. The number of H-pyrrole nitrogens is 1. The Morgan fingerprint density at radius 2 is 1.60 bits per heavy atom. The topological polar surface area (TPSA) is 128 Å².